The number of hydrogen-bond acceptors (Lipinski definition) is 5. The summed E-state index contributed by atoms with van der Waals surface area (Å²) < 4.78 is 2.08. The van der Waals surface area contributed by atoms with E-state index in [4.69, 9.17) is 0 Å². The summed E-state index contributed by atoms with van der Waals surface area (Å²) in [5.74, 6) is 1.16. The van der Waals surface area contributed by atoms with Gasteiger partial charge < -0.3 is 4.98 Å². The summed E-state index contributed by atoms with van der Waals surface area (Å²) in [6.07, 6.45) is 5.95. The average molecular weight is 499 g/mol. The molecular weight excluding hydrogens is 460 g/mol. The van der Waals surface area contributed by atoms with Gasteiger partial charge in [0.05, 0.1) is 17.6 Å². The number of benzene rings is 2. The van der Waals surface area contributed by atoms with Crippen LogP contribution in [0.2, 0.25) is 0 Å². The van der Waals surface area contributed by atoms with Gasteiger partial charge >= 0.3 is 0 Å². The fourth-order valence-corrected chi connectivity index (χ4v) is 5.84. The van der Waals surface area contributed by atoms with E-state index in [-0.39, 0.29) is 17.5 Å². The lowest BCUT2D eigenvalue weighted by atomic mass is 9.94. The van der Waals surface area contributed by atoms with Crippen molar-refractivity contribution < 1.29 is 0 Å². The van der Waals surface area contributed by atoms with Crippen molar-refractivity contribution in [3.63, 3.8) is 0 Å². The molecule has 0 saturated heterocycles. The molecule has 0 aliphatic heterocycles. The summed E-state index contributed by atoms with van der Waals surface area (Å²) in [5, 5.41) is 14.3. The molecule has 0 bridgehead atoms. The normalized spacial score (nSPS) is 15.6. The summed E-state index contributed by atoms with van der Waals surface area (Å²) in [6.45, 7) is 9.79. The molecule has 1 fully saturated rings. The summed E-state index contributed by atoms with van der Waals surface area (Å²) in [6, 6.07) is 17.0. The van der Waals surface area contributed by atoms with Crippen molar-refractivity contribution >= 4 is 10.9 Å². The highest BCUT2D eigenvalue weighted by atomic mass is 16.1. The number of aromatic amines is 1. The van der Waals surface area contributed by atoms with Crippen molar-refractivity contribution in [2.24, 2.45) is 5.92 Å². The molecule has 1 saturated carbocycles. The van der Waals surface area contributed by atoms with E-state index in [9.17, 15) is 4.79 Å². The number of fused-ring (bicyclic) bond motifs is 1. The van der Waals surface area contributed by atoms with Gasteiger partial charge in [0.15, 0.2) is 5.82 Å². The van der Waals surface area contributed by atoms with Crippen LogP contribution in [-0.4, -0.2) is 30.1 Å². The Kier molecular flexibility index (Phi) is 7.51. The molecule has 7 heteroatoms. The van der Waals surface area contributed by atoms with E-state index in [1.165, 1.54) is 30.4 Å². The molecule has 0 radical (unpaired) electrons. The summed E-state index contributed by atoms with van der Waals surface area (Å²) in [5.41, 5.74) is 5.14. The highest BCUT2D eigenvalue weighted by Gasteiger charge is 2.32. The molecule has 1 unspecified atom stereocenters. The van der Waals surface area contributed by atoms with Crippen LogP contribution in [0.4, 0.5) is 0 Å². The molecule has 1 atom stereocenters. The average Bonchev–Trinajstić information content (AvgIpc) is 3.37. The van der Waals surface area contributed by atoms with Crippen LogP contribution in [0, 0.1) is 19.8 Å². The van der Waals surface area contributed by atoms with Crippen LogP contribution >= 0.6 is 0 Å². The Morgan fingerprint density at radius 3 is 2.51 bits per heavy atom. The molecular formula is C30H38N6O. The van der Waals surface area contributed by atoms with Gasteiger partial charge in [-0.3, -0.25) is 9.69 Å². The summed E-state index contributed by atoms with van der Waals surface area (Å²) in [7, 11) is 0. The first-order valence-corrected chi connectivity index (χ1v) is 13.6. The number of rotatable bonds is 8. The zero-order chi connectivity index (χ0) is 25.9. The third kappa shape index (κ3) is 5.37. The van der Waals surface area contributed by atoms with Crippen molar-refractivity contribution in [1.29, 1.82) is 0 Å². The van der Waals surface area contributed by atoms with Crippen molar-refractivity contribution in [2.45, 2.75) is 85.0 Å². The van der Waals surface area contributed by atoms with Crippen LogP contribution in [0.5, 0.6) is 0 Å². The maximum absolute atomic E-state index is 13.4. The SMILES string of the molecule is Cc1ccc2cc(CN(Cc3ccccc3)C(c3nnnn3C3CCCCC3)C(C)C)c(=O)[nH]c2c1C. The van der Waals surface area contributed by atoms with Crippen molar-refractivity contribution in [1.82, 2.24) is 30.1 Å². The second-order valence-electron chi connectivity index (χ2n) is 10.9. The molecule has 5 rings (SSSR count). The van der Waals surface area contributed by atoms with Gasteiger partial charge in [0.1, 0.15) is 0 Å². The smallest absolute Gasteiger partial charge is 0.252 e. The number of aryl methyl sites for hydroxylation is 2. The molecule has 2 aromatic heterocycles. The van der Waals surface area contributed by atoms with E-state index in [1.807, 2.05) is 6.07 Å². The van der Waals surface area contributed by atoms with Gasteiger partial charge in [-0.2, -0.15) is 0 Å². The van der Waals surface area contributed by atoms with Crippen LogP contribution in [0.1, 0.15) is 86.1 Å². The van der Waals surface area contributed by atoms with Crippen LogP contribution in [0.3, 0.4) is 0 Å². The number of aromatic nitrogens is 5. The van der Waals surface area contributed by atoms with Crippen molar-refractivity contribution in [3.8, 4) is 0 Å². The van der Waals surface area contributed by atoms with Gasteiger partial charge in [0.2, 0.25) is 0 Å². The van der Waals surface area contributed by atoms with Gasteiger partial charge in [-0.1, -0.05) is 75.6 Å². The number of hydrogen-bond donors (Lipinski definition) is 1. The van der Waals surface area contributed by atoms with E-state index >= 15 is 0 Å². The van der Waals surface area contributed by atoms with E-state index < -0.39 is 0 Å². The first-order valence-electron chi connectivity index (χ1n) is 13.6. The first-order chi connectivity index (χ1) is 17.9. The second-order valence-corrected chi connectivity index (χ2v) is 10.9. The number of tetrazole rings is 1. The predicted octanol–water partition coefficient (Wildman–Crippen LogP) is 6.04. The molecule has 194 valence electrons. The molecule has 1 aliphatic rings. The second kappa shape index (κ2) is 11.0. The minimum Gasteiger partial charge on any atom is -0.321 e. The monoisotopic (exact) mass is 498 g/mol. The number of pyridine rings is 1. The minimum absolute atomic E-state index is 0.0337. The molecule has 37 heavy (non-hydrogen) atoms. The topological polar surface area (TPSA) is 79.7 Å². The van der Waals surface area contributed by atoms with Crippen LogP contribution in [0.15, 0.2) is 53.3 Å². The Labute approximate surface area is 218 Å². The number of H-pyrrole nitrogens is 1. The van der Waals surface area contributed by atoms with Crippen LogP contribution in [-0.2, 0) is 13.1 Å². The quantitative estimate of drug-likeness (QED) is 0.321. The third-order valence-electron chi connectivity index (χ3n) is 7.96. The van der Waals surface area contributed by atoms with Gasteiger partial charge in [0, 0.05) is 18.7 Å². The van der Waals surface area contributed by atoms with Crippen molar-refractivity contribution in [2.75, 3.05) is 0 Å². The lowest BCUT2D eigenvalue weighted by Crippen LogP contribution is -2.36. The standard InChI is InChI=1S/C30H38N6O/c1-20(2)28(29-32-33-34-36(29)26-13-9-6-10-14-26)35(18-23-11-7-5-8-12-23)19-25-17-24-16-15-21(3)22(4)27(24)31-30(25)37/h5,7-8,11-12,15-17,20,26,28H,6,9-10,13-14,18-19H2,1-4H3,(H,31,37). The van der Waals surface area contributed by atoms with Crippen LogP contribution < -0.4 is 5.56 Å². The highest BCUT2D eigenvalue weighted by molar-refractivity contribution is 5.83. The van der Waals surface area contributed by atoms with Crippen molar-refractivity contribution in [3.05, 3.63) is 87.0 Å². The zero-order valence-electron chi connectivity index (χ0n) is 22.4. The molecule has 2 heterocycles. The molecule has 0 spiro atoms. The van der Waals surface area contributed by atoms with E-state index in [0.29, 0.717) is 19.1 Å². The number of nitrogens with zero attached hydrogens (tertiary/aromatic N) is 5. The molecule has 2 aromatic carbocycles. The fraction of sp³-hybridized carbons (Fsp3) is 0.467. The van der Waals surface area contributed by atoms with Gasteiger partial charge in [0.25, 0.3) is 5.56 Å². The Morgan fingerprint density at radius 1 is 1.03 bits per heavy atom. The Hall–Kier alpha value is -3.32. The van der Waals surface area contributed by atoms with Gasteiger partial charge in [-0.15, -0.1) is 5.10 Å². The van der Waals surface area contributed by atoms with E-state index in [2.05, 4.69) is 100 Å². The Bertz CT molecular complexity index is 1400. The molecule has 1 N–H and O–H groups in total. The largest absolute Gasteiger partial charge is 0.321 e. The maximum atomic E-state index is 13.4. The minimum atomic E-state index is -0.0352. The highest BCUT2D eigenvalue weighted by Crippen LogP contribution is 2.34. The zero-order valence-corrected chi connectivity index (χ0v) is 22.4. The Balaban J connectivity index is 1.56. The lowest BCUT2D eigenvalue weighted by molar-refractivity contribution is 0.121. The third-order valence-corrected chi connectivity index (χ3v) is 7.96. The molecule has 7 nitrogen and oxygen atoms in total. The maximum Gasteiger partial charge on any atom is 0.252 e. The molecule has 0 amide bonds. The summed E-state index contributed by atoms with van der Waals surface area (Å²) >= 11 is 0. The lowest BCUT2D eigenvalue weighted by Gasteiger charge is -2.35. The van der Waals surface area contributed by atoms with Crippen LogP contribution in [0.25, 0.3) is 10.9 Å². The van der Waals surface area contributed by atoms with Gasteiger partial charge in [-0.25, -0.2) is 4.68 Å². The van der Waals surface area contributed by atoms with Gasteiger partial charge in [-0.05, 0) is 71.2 Å². The fourth-order valence-electron chi connectivity index (χ4n) is 5.84. The van der Waals surface area contributed by atoms with E-state index in [0.717, 1.165) is 40.7 Å². The summed E-state index contributed by atoms with van der Waals surface area (Å²) in [4.78, 5) is 18.9. The Morgan fingerprint density at radius 2 is 1.78 bits per heavy atom. The number of nitrogens with one attached hydrogen (secondary N) is 1. The molecule has 4 aromatic rings. The van der Waals surface area contributed by atoms with E-state index in [1.54, 1.807) is 0 Å². The first kappa shape index (κ1) is 25.3. The molecule has 1 aliphatic carbocycles. The predicted molar refractivity (Wildman–Crippen MR) is 147 cm³/mol.